The molecule has 26 heavy (non-hydrogen) atoms. The Morgan fingerprint density at radius 2 is 2.08 bits per heavy atom. The largest absolute Gasteiger partial charge is 0.463 e. The molecule has 2 heterocycles. The average Bonchev–Trinajstić information content (AvgIpc) is 3.29. The van der Waals surface area contributed by atoms with Crippen molar-refractivity contribution in [3.05, 3.63) is 60.1 Å². The number of nitrogens with one attached hydrogen (secondary N) is 2. The summed E-state index contributed by atoms with van der Waals surface area (Å²) >= 11 is 1.20. The van der Waals surface area contributed by atoms with Gasteiger partial charge in [0.25, 0.3) is 0 Å². The molecular weight excluding hydrogens is 352 g/mol. The van der Waals surface area contributed by atoms with Gasteiger partial charge in [-0.15, -0.1) is 10.2 Å². The van der Waals surface area contributed by atoms with Crippen LogP contribution >= 0.6 is 11.8 Å². The van der Waals surface area contributed by atoms with Gasteiger partial charge >= 0.3 is 0 Å². The number of rotatable bonds is 6. The maximum Gasteiger partial charge on any atom is 0.240 e. The zero-order chi connectivity index (χ0) is 18.4. The number of carbonyl (C=O) groups excluding carboxylic acids is 2. The number of amides is 2. The first kappa shape index (κ1) is 17.9. The van der Waals surface area contributed by atoms with Crippen molar-refractivity contribution in [3.8, 4) is 0 Å². The second-order valence-corrected chi connectivity index (χ2v) is 6.82. The number of carbonyl (C=O) groups is 2. The maximum absolute atomic E-state index is 12.1. The number of furan rings is 1. The Balaban J connectivity index is 1.52. The highest BCUT2D eigenvalue weighted by Crippen LogP contribution is 2.22. The van der Waals surface area contributed by atoms with Gasteiger partial charge in [0.15, 0.2) is 5.17 Å². The molecule has 2 N–H and O–H groups in total. The minimum Gasteiger partial charge on any atom is -0.463 e. The predicted molar refractivity (Wildman–Crippen MR) is 101 cm³/mol. The molecule has 2 aromatic rings. The summed E-state index contributed by atoms with van der Waals surface area (Å²) in [6.45, 7) is 2.20. The molecule has 0 radical (unpaired) electrons. The standard InChI is InChI=1S/C18H18N4O3S/c1-12(14-8-5-9-25-14)21-22-18-20-17(24)15(26-18)10-16(23)19-11-13-6-3-2-4-7-13/h2-9,15H,10-11H2,1H3,(H,19,23)(H,20,22,24)/b21-12-/t15-/m1/s1. The molecule has 1 fully saturated rings. The molecule has 1 aromatic carbocycles. The van der Waals surface area contributed by atoms with E-state index in [2.05, 4.69) is 20.8 Å². The van der Waals surface area contributed by atoms with E-state index in [0.717, 1.165) is 5.56 Å². The Labute approximate surface area is 155 Å². The molecular formula is C18H18N4O3S. The molecule has 1 atom stereocenters. The van der Waals surface area contributed by atoms with E-state index < -0.39 is 5.25 Å². The van der Waals surface area contributed by atoms with Crippen molar-refractivity contribution in [2.24, 2.45) is 10.2 Å². The molecule has 0 unspecified atom stereocenters. The van der Waals surface area contributed by atoms with Gasteiger partial charge in [-0.3, -0.25) is 9.59 Å². The Morgan fingerprint density at radius 1 is 1.27 bits per heavy atom. The Bertz CT molecular complexity index is 831. The zero-order valence-electron chi connectivity index (χ0n) is 14.1. The van der Waals surface area contributed by atoms with E-state index >= 15 is 0 Å². The summed E-state index contributed by atoms with van der Waals surface area (Å²) in [4.78, 5) is 24.1. The van der Waals surface area contributed by atoms with Gasteiger partial charge in [-0.05, 0) is 24.6 Å². The molecule has 2 amide bonds. The van der Waals surface area contributed by atoms with Crippen LogP contribution in [0.2, 0.25) is 0 Å². The molecule has 7 nitrogen and oxygen atoms in total. The molecule has 8 heteroatoms. The fourth-order valence-electron chi connectivity index (χ4n) is 2.28. The van der Waals surface area contributed by atoms with E-state index in [4.69, 9.17) is 4.42 Å². The van der Waals surface area contributed by atoms with E-state index in [-0.39, 0.29) is 18.2 Å². The lowest BCUT2D eigenvalue weighted by Gasteiger charge is -2.07. The molecule has 0 aliphatic carbocycles. The second kappa shape index (κ2) is 8.48. The van der Waals surface area contributed by atoms with E-state index in [1.54, 1.807) is 25.3 Å². The Morgan fingerprint density at radius 3 is 2.81 bits per heavy atom. The van der Waals surface area contributed by atoms with Crippen LogP contribution < -0.4 is 10.6 Å². The van der Waals surface area contributed by atoms with Gasteiger partial charge in [-0.25, -0.2) is 0 Å². The fourth-order valence-corrected chi connectivity index (χ4v) is 3.20. The molecule has 0 saturated carbocycles. The molecule has 134 valence electrons. The van der Waals surface area contributed by atoms with Crippen molar-refractivity contribution in [1.82, 2.24) is 10.6 Å². The quantitative estimate of drug-likeness (QED) is 0.602. The van der Waals surface area contributed by atoms with Crippen molar-refractivity contribution in [3.63, 3.8) is 0 Å². The van der Waals surface area contributed by atoms with Crippen LogP contribution in [0.4, 0.5) is 0 Å². The van der Waals surface area contributed by atoms with E-state index in [9.17, 15) is 9.59 Å². The third-order valence-corrected chi connectivity index (χ3v) is 4.72. The molecule has 1 saturated heterocycles. The number of thioether (sulfide) groups is 1. The third kappa shape index (κ3) is 4.82. The van der Waals surface area contributed by atoms with Gasteiger partial charge in [-0.2, -0.15) is 0 Å². The van der Waals surface area contributed by atoms with E-state index in [1.165, 1.54) is 11.8 Å². The van der Waals surface area contributed by atoms with Crippen LogP contribution in [0.1, 0.15) is 24.7 Å². The third-order valence-electron chi connectivity index (χ3n) is 3.65. The van der Waals surface area contributed by atoms with Crippen LogP contribution in [0.3, 0.4) is 0 Å². The van der Waals surface area contributed by atoms with Crippen molar-refractivity contribution >= 4 is 34.5 Å². The molecule has 1 aromatic heterocycles. The normalized spacial score (nSPS) is 18.8. The maximum atomic E-state index is 12.1. The van der Waals surface area contributed by atoms with E-state index in [1.807, 2.05) is 30.3 Å². The first-order chi connectivity index (χ1) is 12.6. The lowest BCUT2D eigenvalue weighted by molar-refractivity contribution is -0.125. The van der Waals surface area contributed by atoms with Crippen molar-refractivity contribution < 1.29 is 14.0 Å². The lowest BCUT2D eigenvalue weighted by atomic mass is 10.2. The first-order valence-corrected chi connectivity index (χ1v) is 8.94. The minimum absolute atomic E-state index is 0.0865. The highest BCUT2D eigenvalue weighted by Gasteiger charge is 2.32. The number of hydrogen-bond acceptors (Lipinski definition) is 6. The number of benzene rings is 1. The van der Waals surface area contributed by atoms with Crippen LogP contribution in [0, 0.1) is 0 Å². The smallest absolute Gasteiger partial charge is 0.240 e. The number of hydrogen-bond donors (Lipinski definition) is 2. The van der Waals surface area contributed by atoms with Crippen LogP contribution in [0.25, 0.3) is 0 Å². The summed E-state index contributed by atoms with van der Waals surface area (Å²) in [5.74, 6) is 0.188. The van der Waals surface area contributed by atoms with Crippen molar-refractivity contribution in [2.75, 3.05) is 0 Å². The SMILES string of the molecule is C/C(=N/N=C1\NC(=O)[C@@H](CC(=O)NCc2ccccc2)S1)c1ccco1. The molecule has 3 rings (SSSR count). The lowest BCUT2D eigenvalue weighted by Crippen LogP contribution is -2.31. The summed E-state index contributed by atoms with van der Waals surface area (Å²) < 4.78 is 5.22. The summed E-state index contributed by atoms with van der Waals surface area (Å²) in [7, 11) is 0. The van der Waals surface area contributed by atoms with Crippen molar-refractivity contribution in [1.29, 1.82) is 0 Å². The number of nitrogens with zero attached hydrogens (tertiary/aromatic N) is 2. The van der Waals surface area contributed by atoms with Crippen LogP contribution in [0.15, 0.2) is 63.3 Å². The predicted octanol–water partition coefficient (Wildman–Crippen LogP) is 2.30. The molecule has 0 spiro atoms. The van der Waals surface area contributed by atoms with Crippen LogP contribution in [-0.4, -0.2) is 27.9 Å². The van der Waals surface area contributed by atoms with Gasteiger partial charge in [0.05, 0.1) is 6.26 Å². The Kier molecular flexibility index (Phi) is 5.85. The number of amidine groups is 1. The van der Waals surface area contributed by atoms with Crippen LogP contribution in [-0.2, 0) is 16.1 Å². The highest BCUT2D eigenvalue weighted by molar-refractivity contribution is 8.15. The topological polar surface area (TPSA) is 96.1 Å². The minimum atomic E-state index is -0.511. The van der Waals surface area contributed by atoms with E-state index in [0.29, 0.717) is 23.2 Å². The van der Waals surface area contributed by atoms with Crippen LogP contribution in [0.5, 0.6) is 0 Å². The highest BCUT2D eigenvalue weighted by atomic mass is 32.2. The molecule has 1 aliphatic rings. The first-order valence-electron chi connectivity index (χ1n) is 8.06. The van der Waals surface area contributed by atoms with Gasteiger partial charge in [0, 0.05) is 13.0 Å². The van der Waals surface area contributed by atoms with Gasteiger partial charge in [-0.1, -0.05) is 42.1 Å². The Hall–Kier alpha value is -2.87. The van der Waals surface area contributed by atoms with Gasteiger partial charge in [0.2, 0.25) is 11.8 Å². The van der Waals surface area contributed by atoms with Gasteiger partial charge in [0.1, 0.15) is 16.7 Å². The fraction of sp³-hybridized carbons (Fsp3) is 0.222. The van der Waals surface area contributed by atoms with Gasteiger partial charge < -0.3 is 15.1 Å². The molecule has 1 aliphatic heterocycles. The monoisotopic (exact) mass is 370 g/mol. The summed E-state index contributed by atoms with van der Waals surface area (Å²) in [6, 6.07) is 13.1. The average molecular weight is 370 g/mol. The summed E-state index contributed by atoms with van der Waals surface area (Å²) in [5, 5.41) is 13.4. The molecule has 0 bridgehead atoms. The van der Waals surface area contributed by atoms with Crippen molar-refractivity contribution in [2.45, 2.75) is 25.1 Å². The zero-order valence-corrected chi connectivity index (χ0v) is 15.0. The summed E-state index contributed by atoms with van der Waals surface area (Å²) in [6.07, 6.45) is 1.64. The summed E-state index contributed by atoms with van der Waals surface area (Å²) in [5.41, 5.74) is 1.61. The second-order valence-electron chi connectivity index (χ2n) is 5.63.